The molecule has 0 unspecified atom stereocenters. The van der Waals surface area contributed by atoms with Gasteiger partial charge < -0.3 is 5.32 Å². The van der Waals surface area contributed by atoms with Crippen LogP contribution in [0.3, 0.4) is 0 Å². The third-order valence-corrected chi connectivity index (χ3v) is 0.287. The summed E-state index contributed by atoms with van der Waals surface area (Å²) >= 11 is 0. The molecule has 0 fully saturated rings. The topological polar surface area (TPSA) is 29.1 Å². The lowest BCUT2D eigenvalue weighted by Crippen LogP contribution is -2.07. The third-order valence-electron chi connectivity index (χ3n) is 0.287. The predicted molar refractivity (Wildman–Crippen MR) is 26.8 cm³/mol. The van der Waals surface area contributed by atoms with E-state index in [9.17, 15) is 9.18 Å². The second kappa shape index (κ2) is 18.2. The summed E-state index contributed by atoms with van der Waals surface area (Å²) in [5.74, 6) is 0. The zero-order valence-corrected chi connectivity index (χ0v) is 4.57. The lowest BCUT2D eigenvalue weighted by molar-refractivity contribution is -0.109. The van der Waals surface area contributed by atoms with Gasteiger partial charge in [0.2, 0.25) is 6.41 Å². The van der Waals surface area contributed by atoms with Gasteiger partial charge in [0.1, 0.15) is 0 Å². The van der Waals surface area contributed by atoms with Gasteiger partial charge in [-0.3, -0.25) is 9.18 Å². The number of hydrogen-bond donors (Lipinski definition) is 1. The smallest absolute Gasteiger partial charge is 0.207 e. The normalized spacial score (nSPS) is 5.57. The van der Waals surface area contributed by atoms with Crippen molar-refractivity contribution < 1.29 is 9.18 Å². The molecule has 0 aliphatic rings. The van der Waals surface area contributed by atoms with Crippen LogP contribution in [0.1, 0.15) is 6.92 Å². The maximum absolute atomic E-state index is 9.50. The summed E-state index contributed by atoms with van der Waals surface area (Å²) in [4.78, 5) is 9.29. The van der Waals surface area contributed by atoms with E-state index in [0.717, 1.165) is 6.54 Å². The van der Waals surface area contributed by atoms with Crippen LogP contribution in [0.4, 0.5) is 4.39 Å². The highest BCUT2D eigenvalue weighted by Crippen LogP contribution is 1.37. The van der Waals surface area contributed by atoms with E-state index in [2.05, 4.69) is 5.32 Å². The quantitative estimate of drug-likeness (QED) is 0.506. The minimum atomic E-state index is 0.500. The van der Waals surface area contributed by atoms with Crippen molar-refractivity contribution in [3.8, 4) is 0 Å². The number of carbonyl (C=O) groups excluding carboxylic acids is 1. The number of alkyl halides is 1. The molecule has 0 spiro atoms. The van der Waals surface area contributed by atoms with Crippen LogP contribution in [0.25, 0.3) is 0 Å². The number of nitrogens with one attached hydrogen (secondary N) is 1. The molecular weight excluding hydrogens is 97.0 g/mol. The van der Waals surface area contributed by atoms with Crippen LogP contribution in [0.5, 0.6) is 0 Å². The number of amides is 1. The molecule has 0 bridgehead atoms. The Labute approximate surface area is 42.7 Å². The molecule has 0 aliphatic heterocycles. The summed E-state index contributed by atoms with van der Waals surface area (Å²) < 4.78 is 9.50. The van der Waals surface area contributed by atoms with Gasteiger partial charge in [-0.15, -0.1) is 0 Å². The summed E-state index contributed by atoms with van der Waals surface area (Å²) in [5, 5.41) is 2.43. The molecule has 0 saturated heterocycles. The van der Waals surface area contributed by atoms with Crippen LogP contribution < -0.4 is 5.32 Å². The van der Waals surface area contributed by atoms with E-state index in [1.807, 2.05) is 6.92 Å². The van der Waals surface area contributed by atoms with Gasteiger partial charge in [0.25, 0.3) is 0 Å². The molecule has 0 rings (SSSR count). The number of hydrogen-bond acceptors (Lipinski definition) is 1. The molecule has 7 heavy (non-hydrogen) atoms. The van der Waals surface area contributed by atoms with Crippen LogP contribution in [0, 0.1) is 0 Å². The second-order valence-corrected chi connectivity index (χ2v) is 0.676. The number of rotatable bonds is 2. The molecule has 0 aromatic carbocycles. The van der Waals surface area contributed by atoms with Crippen molar-refractivity contribution in [3.63, 3.8) is 0 Å². The highest BCUT2D eigenvalue weighted by molar-refractivity contribution is 5.45. The van der Waals surface area contributed by atoms with E-state index in [0.29, 0.717) is 13.6 Å². The van der Waals surface area contributed by atoms with Gasteiger partial charge in [0, 0.05) is 6.54 Å². The fraction of sp³-hybridized carbons (Fsp3) is 0.750. The summed E-state index contributed by atoms with van der Waals surface area (Å²) in [6.07, 6.45) is 0.681. The minimum absolute atomic E-state index is 0.500. The largest absolute Gasteiger partial charge is 0.359 e. The summed E-state index contributed by atoms with van der Waals surface area (Å²) in [6, 6.07) is 0. The first kappa shape index (κ1) is 9.64. The fourth-order valence-corrected chi connectivity index (χ4v) is 0.0833. The molecule has 0 radical (unpaired) electrons. The van der Waals surface area contributed by atoms with Gasteiger partial charge >= 0.3 is 0 Å². The van der Waals surface area contributed by atoms with Gasteiger partial charge in [-0.25, -0.2) is 0 Å². The molecule has 0 aromatic heterocycles. The standard InChI is InChI=1S/C3H7NO.CH3F/c1-2-4-3-5;1-2/h3H,2H2,1H3,(H,4,5);1H3. The SMILES string of the molecule is CCNC=O.CF. The first-order valence-corrected chi connectivity index (χ1v) is 1.96. The van der Waals surface area contributed by atoms with Crippen LogP contribution >= 0.6 is 0 Å². The van der Waals surface area contributed by atoms with E-state index in [1.165, 1.54) is 0 Å². The molecule has 0 aromatic rings. The van der Waals surface area contributed by atoms with Gasteiger partial charge in [0.15, 0.2) is 0 Å². The van der Waals surface area contributed by atoms with E-state index < -0.39 is 0 Å². The first-order valence-electron chi connectivity index (χ1n) is 1.96. The zero-order chi connectivity index (χ0) is 6.12. The highest BCUT2D eigenvalue weighted by Gasteiger charge is 1.59. The van der Waals surface area contributed by atoms with Crippen molar-refractivity contribution in [1.82, 2.24) is 5.32 Å². The first-order chi connectivity index (χ1) is 3.41. The predicted octanol–water partition coefficient (Wildman–Crippen LogP) is 0.338. The molecule has 0 atom stereocenters. The van der Waals surface area contributed by atoms with E-state index in [-0.39, 0.29) is 0 Å². The maximum atomic E-state index is 9.50. The second-order valence-electron chi connectivity index (χ2n) is 0.676. The average molecular weight is 107 g/mol. The summed E-state index contributed by atoms with van der Waals surface area (Å²) in [5.41, 5.74) is 0. The Morgan fingerprint density at radius 1 is 1.71 bits per heavy atom. The number of carbonyl (C=O) groups is 1. The zero-order valence-electron chi connectivity index (χ0n) is 4.57. The Kier molecular flexibility index (Phi) is 25.0. The van der Waals surface area contributed by atoms with Crippen LogP contribution in [-0.2, 0) is 4.79 Å². The maximum Gasteiger partial charge on any atom is 0.207 e. The van der Waals surface area contributed by atoms with Crippen molar-refractivity contribution in [2.45, 2.75) is 6.92 Å². The van der Waals surface area contributed by atoms with Crippen molar-refractivity contribution in [3.05, 3.63) is 0 Å². The third kappa shape index (κ3) is 31.8. The fourth-order valence-electron chi connectivity index (χ4n) is 0.0833. The molecule has 2 nitrogen and oxygen atoms in total. The molecule has 44 valence electrons. The highest BCUT2D eigenvalue weighted by atomic mass is 19.1. The molecular formula is C4H10FNO. The van der Waals surface area contributed by atoms with Crippen molar-refractivity contribution in [2.24, 2.45) is 0 Å². The molecule has 0 aliphatic carbocycles. The molecule has 0 heterocycles. The monoisotopic (exact) mass is 107 g/mol. The summed E-state index contributed by atoms with van der Waals surface area (Å²) in [7, 11) is 0.500. The van der Waals surface area contributed by atoms with Gasteiger partial charge in [-0.1, -0.05) is 0 Å². The lowest BCUT2D eigenvalue weighted by Gasteiger charge is -1.78. The molecule has 0 saturated carbocycles. The Balaban J connectivity index is 0. The van der Waals surface area contributed by atoms with Gasteiger partial charge in [0.05, 0.1) is 7.18 Å². The number of halogens is 1. The van der Waals surface area contributed by atoms with Crippen molar-refractivity contribution >= 4 is 6.41 Å². The molecule has 3 heteroatoms. The van der Waals surface area contributed by atoms with Crippen molar-refractivity contribution in [2.75, 3.05) is 13.7 Å². The van der Waals surface area contributed by atoms with Crippen LogP contribution in [0.15, 0.2) is 0 Å². The van der Waals surface area contributed by atoms with E-state index >= 15 is 0 Å². The minimum Gasteiger partial charge on any atom is -0.359 e. The van der Waals surface area contributed by atoms with Gasteiger partial charge in [-0.05, 0) is 6.92 Å². The van der Waals surface area contributed by atoms with Crippen molar-refractivity contribution in [1.29, 1.82) is 0 Å². The molecule has 1 N–H and O–H groups in total. The Hall–Kier alpha value is -0.600. The molecule has 1 amide bonds. The Morgan fingerprint density at radius 3 is 2.14 bits per heavy atom. The van der Waals surface area contributed by atoms with Gasteiger partial charge in [-0.2, -0.15) is 0 Å². The van der Waals surface area contributed by atoms with Crippen LogP contribution in [0.2, 0.25) is 0 Å². The lowest BCUT2D eigenvalue weighted by atomic mass is 10.8. The Morgan fingerprint density at radius 2 is 2.14 bits per heavy atom. The average Bonchev–Trinajstić information content (AvgIpc) is 1.75. The summed E-state index contributed by atoms with van der Waals surface area (Å²) in [6.45, 7) is 2.60. The van der Waals surface area contributed by atoms with E-state index in [4.69, 9.17) is 0 Å². The Bertz CT molecular complexity index is 32.9. The van der Waals surface area contributed by atoms with Crippen LogP contribution in [-0.4, -0.2) is 20.1 Å². The van der Waals surface area contributed by atoms with E-state index in [1.54, 1.807) is 0 Å².